The molecule has 0 amide bonds. The Morgan fingerprint density at radius 2 is 1.53 bits per heavy atom. The number of carbonyl (C=O) groups is 1. The van der Waals surface area contributed by atoms with Gasteiger partial charge in [-0.2, -0.15) is 4.31 Å². The van der Waals surface area contributed by atoms with Gasteiger partial charge in [-0.25, -0.2) is 8.42 Å². The lowest BCUT2D eigenvalue weighted by atomic mass is 9.71. The smallest absolute Gasteiger partial charge is 0.320 e. The van der Waals surface area contributed by atoms with Crippen LogP contribution in [0.5, 0.6) is 0 Å². The van der Waals surface area contributed by atoms with Crippen LogP contribution in [0.1, 0.15) is 16.7 Å². The summed E-state index contributed by atoms with van der Waals surface area (Å²) < 4.78 is 28.2. The second-order valence-corrected chi connectivity index (χ2v) is 10.3. The number of benzene rings is 3. The summed E-state index contributed by atoms with van der Waals surface area (Å²) in [6.07, 6.45) is 0.817. The minimum Gasteiger partial charge on any atom is -0.480 e. The number of hydrogen-bond donors (Lipinski definition) is 2. The summed E-state index contributed by atoms with van der Waals surface area (Å²) in [5, 5.41) is 9.04. The molecule has 6 nitrogen and oxygen atoms in total. The molecule has 3 N–H and O–H groups in total. The van der Waals surface area contributed by atoms with Crippen molar-refractivity contribution in [2.75, 3.05) is 13.1 Å². The van der Waals surface area contributed by atoms with Crippen molar-refractivity contribution >= 4 is 16.0 Å². The highest BCUT2D eigenvalue weighted by atomic mass is 32.2. The molecule has 3 aromatic carbocycles. The summed E-state index contributed by atoms with van der Waals surface area (Å²) in [6.45, 7) is 0.764. The number of nitrogens with zero attached hydrogens (tertiary/aromatic N) is 1. The molecule has 0 aromatic heterocycles. The first kappa shape index (κ1) is 22.2. The average molecular weight is 451 g/mol. The van der Waals surface area contributed by atoms with Gasteiger partial charge in [0.25, 0.3) is 0 Å². The van der Waals surface area contributed by atoms with Gasteiger partial charge in [0.05, 0.1) is 4.90 Å². The minimum absolute atomic E-state index is 0.0701. The number of nitrogens with two attached hydrogens (primary N) is 1. The largest absolute Gasteiger partial charge is 0.480 e. The molecule has 3 aromatic rings. The number of sulfonamides is 1. The van der Waals surface area contributed by atoms with Crippen molar-refractivity contribution < 1.29 is 18.3 Å². The van der Waals surface area contributed by atoms with Crippen LogP contribution < -0.4 is 5.73 Å². The van der Waals surface area contributed by atoms with Gasteiger partial charge in [-0.15, -0.1) is 0 Å². The zero-order valence-electron chi connectivity index (χ0n) is 17.6. The summed E-state index contributed by atoms with van der Waals surface area (Å²) in [4.78, 5) is 11.2. The summed E-state index contributed by atoms with van der Waals surface area (Å²) >= 11 is 0. The average Bonchev–Trinajstić information content (AvgIpc) is 2.77. The molecule has 166 valence electrons. The van der Waals surface area contributed by atoms with Crippen molar-refractivity contribution in [1.29, 1.82) is 0 Å². The molecular formula is C25H26N2O4S. The predicted molar refractivity (Wildman–Crippen MR) is 123 cm³/mol. The van der Waals surface area contributed by atoms with E-state index in [1.807, 2.05) is 36.4 Å². The molecule has 1 heterocycles. The molecule has 4 rings (SSSR count). The van der Waals surface area contributed by atoms with Crippen molar-refractivity contribution in [1.82, 2.24) is 4.31 Å². The fourth-order valence-electron chi connectivity index (χ4n) is 4.30. The highest BCUT2D eigenvalue weighted by molar-refractivity contribution is 7.89. The first-order valence-electron chi connectivity index (χ1n) is 10.5. The maximum absolute atomic E-state index is 13.3. The van der Waals surface area contributed by atoms with Crippen LogP contribution in [-0.4, -0.2) is 42.9 Å². The third-order valence-corrected chi connectivity index (χ3v) is 7.83. The molecule has 7 heteroatoms. The van der Waals surface area contributed by atoms with E-state index in [4.69, 9.17) is 10.8 Å². The second-order valence-electron chi connectivity index (χ2n) is 8.38. The number of carboxylic acid groups (broad SMARTS) is 1. The van der Waals surface area contributed by atoms with Crippen LogP contribution in [0.15, 0.2) is 89.8 Å². The zero-order chi connectivity index (χ0) is 22.8. The van der Waals surface area contributed by atoms with E-state index in [9.17, 15) is 13.2 Å². The predicted octanol–water partition coefficient (Wildman–Crippen LogP) is 2.83. The Morgan fingerprint density at radius 3 is 2.16 bits per heavy atom. The fourth-order valence-corrected chi connectivity index (χ4v) is 5.98. The van der Waals surface area contributed by atoms with Crippen LogP contribution in [0, 0.1) is 0 Å². The van der Waals surface area contributed by atoms with Crippen molar-refractivity contribution in [3.8, 4) is 0 Å². The Bertz CT molecular complexity index is 1190. The molecule has 32 heavy (non-hydrogen) atoms. The summed E-state index contributed by atoms with van der Waals surface area (Å²) in [6, 6.07) is 25.4. The first-order valence-corrected chi connectivity index (χ1v) is 11.9. The SMILES string of the molecule is N[C@@H](Cc1cccc(S(=O)(=O)N2CC(Cc3ccccc3)(c3ccccc3)C2)c1)C(=O)O. The van der Waals surface area contributed by atoms with E-state index < -0.39 is 22.0 Å². The Morgan fingerprint density at radius 1 is 0.938 bits per heavy atom. The van der Waals surface area contributed by atoms with Crippen LogP contribution >= 0.6 is 0 Å². The zero-order valence-corrected chi connectivity index (χ0v) is 18.4. The maximum atomic E-state index is 13.3. The van der Waals surface area contributed by atoms with E-state index in [1.54, 1.807) is 18.2 Å². The summed E-state index contributed by atoms with van der Waals surface area (Å²) in [5.41, 5.74) is 8.20. The topological polar surface area (TPSA) is 101 Å². The molecule has 1 saturated heterocycles. The molecule has 1 aliphatic heterocycles. The molecule has 1 aliphatic rings. The molecule has 0 aliphatic carbocycles. The molecule has 0 unspecified atom stereocenters. The van der Waals surface area contributed by atoms with Crippen LogP contribution in [-0.2, 0) is 33.1 Å². The molecule has 0 saturated carbocycles. The number of hydrogen-bond acceptors (Lipinski definition) is 4. The van der Waals surface area contributed by atoms with Crippen LogP contribution in [0.3, 0.4) is 0 Å². The summed E-state index contributed by atoms with van der Waals surface area (Å²) in [5.74, 6) is -1.12. The van der Waals surface area contributed by atoms with Crippen LogP contribution in [0.2, 0.25) is 0 Å². The Hall–Kier alpha value is -3.00. The normalized spacial score (nSPS) is 16.8. The van der Waals surface area contributed by atoms with E-state index in [0.717, 1.165) is 17.5 Å². The highest BCUT2D eigenvalue weighted by Gasteiger charge is 2.49. The van der Waals surface area contributed by atoms with E-state index in [1.165, 1.54) is 10.4 Å². The standard InChI is InChI=1S/C25H26N2O4S/c26-23(24(28)29)15-20-10-7-13-22(14-20)32(30,31)27-17-25(18-27,21-11-5-2-6-12-21)16-19-8-3-1-4-9-19/h1-14,23H,15-18,26H2,(H,28,29)/t23-/m0/s1. The van der Waals surface area contributed by atoms with E-state index in [0.29, 0.717) is 18.7 Å². The maximum Gasteiger partial charge on any atom is 0.320 e. The lowest BCUT2D eigenvalue weighted by Gasteiger charge is -2.50. The first-order chi connectivity index (χ1) is 15.3. The second kappa shape index (κ2) is 8.86. The summed E-state index contributed by atoms with van der Waals surface area (Å²) in [7, 11) is -3.71. The van der Waals surface area contributed by atoms with Gasteiger partial charge >= 0.3 is 5.97 Å². The fraction of sp³-hybridized carbons (Fsp3) is 0.240. The Labute approximate surface area is 188 Å². The van der Waals surface area contributed by atoms with Gasteiger partial charge in [-0.05, 0) is 41.7 Å². The lowest BCUT2D eigenvalue weighted by Crippen LogP contribution is -2.62. The molecule has 1 fully saturated rings. The Balaban J connectivity index is 1.58. The van der Waals surface area contributed by atoms with E-state index in [2.05, 4.69) is 24.3 Å². The van der Waals surface area contributed by atoms with Gasteiger partial charge in [0.2, 0.25) is 10.0 Å². The van der Waals surface area contributed by atoms with Gasteiger partial charge in [0, 0.05) is 18.5 Å². The monoisotopic (exact) mass is 450 g/mol. The van der Waals surface area contributed by atoms with Gasteiger partial charge in [0.1, 0.15) is 6.04 Å². The van der Waals surface area contributed by atoms with Gasteiger partial charge in [0.15, 0.2) is 0 Å². The lowest BCUT2D eigenvalue weighted by molar-refractivity contribution is -0.138. The van der Waals surface area contributed by atoms with Crippen LogP contribution in [0.25, 0.3) is 0 Å². The van der Waals surface area contributed by atoms with E-state index >= 15 is 0 Å². The van der Waals surface area contributed by atoms with Crippen molar-refractivity contribution in [2.24, 2.45) is 5.73 Å². The molecule has 1 atom stereocenters. The third kappa shape index (κ3) is 4.46. The number of carboxylic acids is 1. The van der Waals surface area contributed by atoms with Gasteiger partial charge in [-0.3, -0.25) is 4.79 Å². The quantitative estimate of drug-likeness (QED) is 0.550. The van der Waals surface area contributed by atoms with Crippen LogP contribution in [0.4, 0.5) is 0 Å². The van der Waals surface area contributed by atoms with Crippen molar-refractivity contribution in [3.05, 3.63) is 102 Å². The number of aliphatic carboxylic acids is 1. The minimum atomic E-state index is -3.71. The molecule has 0 spiro atoms. The van der Waals surface area contributed by atoms with Gasteiger partial charge < -0.3 is 10.8 Å². The van der Waals surface area contributed by atoms with Crippen molar-refractivity contribution in [3.63, 3.8) is 0 Å². The van der Waals surface area contributed by atoms with Crippen molar-refractivity contribution in [2.45, 2.75) is 29.2 Å². The molecule has 0 bridgehead atoms. The van der Waals surface area contributed by atoms with Gasteiger partial charge in [-0.1, -0.05) is 72.8 Å². The molecular weight excluding hydrogens is 424 g/mol. The molecule has 0 radical (unpaired) electrons. The third-order valence-electron chi connectivity index (χ3n) is 6.04. The Kier molecular flexibility index (Phi) is 6.15. The van der Waals surface area contributed by atoms with E-state index in [-0.39, 0.29) is 16.7 Å². The highest BCUT2D eigenvalue weighted by Crippen LogP contribution is 2.40. The number of rotatable bonds is 8.